The fraction of sp³-hybridized carbons (Fsp3) is 1.00. The summed E-state index contributed by atoms with van der Waals surface area (Å²) in [7, 11) is -6.33. The Morgan fingerprint density at radius 3 is 1.85 bits per heavy atom. The fourth-order valence-corrected chi connectivity index (χ4v) is 4.84. The van der Waals surface area contributed by atoms with Gasteiger partial charge < -0.3 is 0 Å². The predicted molar refractivity (Wildman–Crippen MR) is 54.3 cm³/mol. The first kappa shape index (κ1) is 13.7. The molecule has 13 heavy (non-hydrogen) atoms. The van der Waals surface area contributed by atoms with Crippen LogP contribution in [0.2, 0.25) is 0 Å². The summed E-state index contributed by atoms with van der Waals surface area (Å²) in [4.78, 5) is 27.6. The van der Waals surface area contributed by atoms with Crippen molar-refractivity contribution in [3.05, 3.63) is 0 Å². The van der Waals surface area contributed by atoms with Gasteiger partial charge in [-0.15, -0.1) is 0 Å². The summed E-state index contributed by atoms with van der Waals surface area (Å²) < 4.78 is 9.99. The monoisotopic (exact) mass is 232 g/mol. The Bertz CT molecular complexity index is 159. The summed E-state index contributed by atoms with van der Waals surface area (Å²) in [5, 5.41) is 0. The normalized spacial score (nSPS) is 15.8. The van der Waals surface area contributed by atoms with Gasteiger partial charge in [0.25, 0.3) is 0 Å². The Balaban J connectivity index is 4.65. The molecule has 0 aliphatic carbocycles. The maximum absolute atomic E-state index is 10.1. The predicted octanol–water partition coefficient (Wildman–Crippen LogP) is 1.58. The Kier molecular flexibility index (Phi) is 5.19. The van der Waals surface area contributed by atoms with Crippen LogP contribution in [0.4, 0.5) is 0 Å². The third-order valence-electron chi connectivity index (χ3n) is 1.93. The van der Waals surface area contributed by atoms with Crippen LogP contribution in [-0.2, 0) is 8.83 Å². The first-order chi connectivity index (χ1) is 5.90. The van der Waals surface area contributed by atoms with Crippen LogP contribution < -0.4 is 0 Å². The van der Waals surface area contributed by atoms with Crippen molar-refractivity contribution in [3.8, 4) is 0 Å². The molecule has 3 N–H and O–H groups in total. The van der Waals surface area contributed by atoms with Crippen LogP contribution in [-0.4, -0.2) is 33.6 Å². The quantitative estimate of drug-likeness (QED) is 0.606. The molecule has 7 heteroatoms. The van der Waals surface area contributed by atoms with E-state index in [0.29, 0.717) is 6.61 Å². The van der Waals surface area contributed by atoms with Crippen LogP contribution in [0.1, 0.15) is 20.8 Å². The second-order valence-electron chi connectivity index (χ2n) is 2.65. The molecule has 82 valence electrons. The number of hydrogen-bond acceptors (Lipinski definition) is 5. The average Bonchev–Trinajstić information content (AvgIpc) is 2.04. The van der Waals surface area contributed by atoms with E-state index in [1.165, 1.54) is 0 Å². The summed E-state index contributed by atoms with van der Waals surface area (Å²) in [6, 6.07) is 0. The molecule has 0 radical (unpaired) electrons. The molecule has 0 fully saturated rings. The molecule has 0 saturated heterocycles. The Hall–Kier alpha value is 0.660. The van der Waals surface area contributed by atoms with Crippen LogP contribution >= 0.6 is 15.9 Å². The van der Waals surface area contributed by atoms with Crippen molar-refractivity contribution in [2.24, 2.45) is 0 Å². The van der Waals surface area contributed by atoms with Crippen molar-refractivity contribution in [2.75, 3.05) is 18.9 Å². The third kappa shape index (κ3) is 3.72. The second-order valence-corrected chi connectivity index (χ2v) is 7.85. The van der Waals surface area contributed by atoms with Gasteiger partial charge in [-0.2, -0.15) is 0 Å². The van der Waals surface area contributed by atoms with E-state index in [0.717, 1.165) is 0 Å². The summed E-state index contributed by atoms with van der Waals surface area (Å²) in [5.74, 6) is 0. The zero-order valence-corrected chi connectivity index (χ0v) is 9.96. The van der Waals surface area contributed by atoms with Crippen molar-refractivity contribution in [1.82, 2.24) is 0 Å². The Morgan fingerprint density at radius 2 is 1.62 bits per heavy atom. The van der Waals surface area contributed by atoms with Crippen molar-refractivity contribution in [2.45, 2.75) is 20.8 Å². The molecule has 0 spiro atoms. The molecule has 5 nitrogen and oxygen atoms in total. The minimum atomic E-state index is -3.75. The molecule has 0 aliphatic heterocycles. The van der Waals surface area contributed by atoms with Gasteiger partial charge in [-0.3, -0.25) is 0 Å². The van der Waals surface area contributed by atoms with E-state index in [2.05, 4.69) is 0 Å². The van der Waals surface area contributed by atoms with Gasteiger partial charge in [0.1, 0.15) is 0 Å². The zero-order chi connectivity index (χ0) is 10.6. The fourth-order valence-electron chi connectivity index (χ4n) is 1.00. The standard InChI is InChI=1S/C6H18O5P2/c1-4-10-13(9,5-2,6-3)11-12(7)8/h7-9H,4-6H2,1-3H3. The minimum absolute atomic E-state index is 0.260. The first-order valence-electron chi connectivity index (χ1n) is 4.19. The molecular weight excluding hydrogens is 214 g/mol. The van der Waals surface area contributed by atoms with E-state index in [1.54, 1.807) is 20.8 Å². The maximum atomic E-state index is 10.1. The summed E-state index contributed by atoms with van der Waals surface area (Å²) in [6.07, 6.45) is 0.520. The van der Waals surface area contributed by atoms with Crippen LogP contribution in [0.15, 0.2) is 0 Å². The van der Waals surface area contributed by atoms with Crippen molar-refractivity contribution < 1.29 is 23.5 Å². The molecule has 0 aromatic heterocycles. The van der Waals surface area contributed by atoms with Gasteiger partial charge in [-0.05, 0) is 0 Å². The van der Waals surface area contributed by atoms with Gasteiger partial charge >= 0.3 is 79.1 Å². The van der Waals surface area contributed by atoms with Gasteiger partial charge in [0.05, 0.1) is 0 Å². The van der Waals surface area contributed by atoms with Gasteiger partial charge in [0.15, 0.2) is 0 Å². The van der Waals surface area contributed by atoms with E-state index in [4.69, 9.17) is 18.6 Å². The third-order valence-corrected chi connectivity index (χ3v) is 7.33. The molecule has 0 aliphatic rings. The molecule has 0 atom stereocenters. The van der Waals surface area contributed by atoms with Gasteiger partial charge in [-0.1, -0.05) is 0 Å². The second kappa shape index (κ2) is 4.94. The van der Waals surface area contributed by atoms with Crippen LogP contribution in [0, 0.1) is 0 Å². The number of hydrogen-bond donors (Lipinski definition) is 3. The van der Waals surface area contributed by atoms with Crippen LogP contribution in [0.5, 0.6) is 0 Å². The van der Waals surface area contributed by atoms with E-state index >= 15 is 0 Å². The topological polar surface area (TPSA) is 79.2 Å². The first-order valence-corrected chi connectivity index (χ1v) is 7.75. The average molecular weight is 232 g/mol. The van der Waals surface area contributed by atoms with Crippen LogP contribution in [0.3, 0.4) is 0 Å². The molecule has 0 saturated carbocycles. The zero-order valence-electron chi connectivity index (χ0n) is 8.17. The van der Waals surface area contributed by atoms with E-state index in [1.807, 2.05) is 0 Å². The van der Waals surface area contributed by atoms with E-state index in [9.17, 15) is 4.89 Å². The van der Waals surface area contributed by atoms with E-state index < -0.39 is 15.9 Å². The molecule has 0 unspecified atom stereocenters. The summed E-state index contributed by atoms with van der Waals surface area (Å²) >= 11 is 0. The van der Waals surface area contributed by atoms with Crippen LogP contribution in [0.25, 0.3) is 0 Å². The van der Waals surface area contributed by atoms with Crippen molar-refractivity contribution >= 4 is 15.9 Å². The molecule has 0 amide bonds. The Labute approximate surface area is 79.9 Å². The SMILES string of the molecule is CCOP(O)(CC)(CC)OP(O)O. The summed E-state index contributed by atoms with van der Waals surface area (Å²) in [6.45, 7) is 5.42. The van der Waals surface area contributed by atoms with Crippen molar-refractivity contribution in [1.29, 1.82) is 0 Å². The molecule has 0 aromatic carbocycles. The van der Waals surface area contributed by atoms with Gasteiger partial charge in [0, 0.05) is 0 Å². The number of rotatable bonds is 6. The summed E-state index contributed by atoms with van der Waals surface area (Å²) in [5.41, 5.74) is 0. The molecule has 0 heterocycles. The Morgan fingerprint density at radius 1 is 1.15 bits per heavy atom. The van der Waals surface area contributed by atoms with Gasteiger partial charge in [-0.25, -0.2) is 0 Å². The molecular formula is C6H18O5P2. The molecule has 0 rings (SSSR count). The van der Waals surface area contributed by atoms with E-state index in [-0.39, 0.29) is 12.3 Å². The van der Waals surface area contributed by atoms with Crippen molar-refractivity contribution in [3.63, 3.8) is 0 Å². The molecule has 0 bridgehead atoms. The molecule has 0 aromatic rings. The van der Waals surface area contributed by atoms with Gasteiger partial charge in [0.2, 0.25) is 0 Å².